The highest BCUT2D eigenvalue weighted by molar-refractivity contribution is 8.93. The van der Waals surface area contributed by atoms with Crippen molar-refractivity contribution in [3.8, 4) is 11.5 Å². The van der Waals surface area contributed by atoms with Crippen LogP contribution in [0.25, 0.3) is 0 Å². The Labute approximate surface area is 180 Å². The van der Waals surface area contributed by atoms with Gasteiger partial charge in [-0.25, -0.2) is 0 Å². The van der Waals surface area contributed by atoms with Gasteiger partial charge in [0.2, 0.25) is 0 Å². The van der Waals surface area contributed by atoms with Gasteiger partial charge in [0.25, 0.3) is 0 Å². The van der Waals surface area contributed by atoms with E-state index in [9.17, 15) is 4.79 Å². The summed E-state index contributed by atoms with van der Waals surface area (Å²) in [6.45, 7) is 2.06. The third-order valence-corrected chi connectivity index (χ3v) is 4.97. The number of nitrogens with zero attached hydrogens (tertiary/aromatic N) is 2. The number of amidine groups is 1. The van der Waals surface area contributed by atoms with Crippen LogP contribution >= 0.6 is 28.6 Å². The molecule has 0 aromatic heterocycles. The molecule has 2 aliphatic rings. The molecule has 2 aromatic rings. The van der Waals surface area contributed by atoms with Crippen LogP contribution in [0.1, 0.15) is 29.6 Å². The Hall–Kier alpha value is -2.05. The van der Waals surface area contributed by atoms with E-state index >= 15 is 0 Å². The van der Waals surface area contributed by atoms with Gasteiger partial charge in [-0.1, -0.05) is 11.6 Å². The Morgan fingerprint density at radius 1 is 1.04 bits per heavy atom. The average Bonchev–Trinajstić information content (AvgIpc) is 2.73. The first-order valence-corrected chi connectivity index (χ1v) is 9.58. The van der Waals surface area contributed by atoms with E-state index < -0.39 is 0 Å². The normalized spacial score (nSPS) is 15.2. The van der Waals surface area contributed by atoms with Crippen LogP contribution in [-0.2, 0) is 0 Å². The van der Waals surface area contributed by atoms with Crippen LogP contribution in [0.15, 0.2) is 47.5 Å². The summed E-state index contributed by atoms with van der Waals surface area (Å²) >= 11 is 6.03. The molecule has 148 valence electrons. The quantitative estimate of drug-likeness (QED) is 0.599. The molecule has 0 spiro atoms. The topological polar surface area (TPSA) is 51.1 Å². The molecule has 0 aliphatic carbocycles. The van der Waals surface area contributed by atoms with E-state index in [2.05, 4.69) is 4.99 Å². The van der Waals surface area contributed by atoms with Gasteiger partial charge >= 0.3 is 0 Å². The van der Waals surface area contributed by atoms with Crippen molar-refractivity contribution in [3.05, 3.63) is 53.1 Å². The molecule has 2 aromatic carbocycles. The molecule has 4 rings (SSSR count). The van der Waals surface area contributed by atoms with Crippen molar-refractivity contribution in [1.82, 2.24) is 0 Å². The Bertz CT molecular complexity index is 870. The molecular formula is C21H22BrClN2O3. The minimum Gasteiger partial charge on any atom is -0.486 e. The summed E-state index contributed by atoms with van der Waals surface area (Å²) in [5.41, 5.74) is 1.53. The third kappa shape index (κ3) is 4.67. The van der Waals surface area contributed by atoms with Crippen molar-refractivity contribution in [2.75, 3.05) is 31.2 Å². The average molecular weight is 466 g/mol. The van der Waals surface area contributed by atoms with Gasteiger partial charge in [-0.15, -0.1) is 17.0 Å². The molecule has 0 saturated heterocycles. The fourth-order valence-electron chi connectivity index (χ4n) is 3.31. The van der Waals surface area contributed by atoms with Crippen LogP contribution in [0.2, 0.25) is 5.02 Å². The number of Topliss-reactive ketones (excluding diaryl/α,β-unsaturated/α-hetero) is 1. The molecule has 2 heterocycles. The first-order valence-electron chi connectivity index (χ1n) is 9.20. The number of ether oxygens (including phenoxy) is 2. The number of aliphatic imine (C=N–C) groups is 1. The number of ketones is 1. The van der Waals surface area contributed by atoms with Crippen LogP contribution in [0, 0.1) is 0 Å². The van der Waals surface area contributed by atoms with E-state index in [1.54, 1.807) is 18.2 Å². The maximum atomic E-state index is 13.0. The third-order valence-electron chi connectivity index (χ3n) is 4.72. The lowest BCUT2D eigenvalue weighted by molar-refractivity contribution is 0.100. The fourth-order valence-corrected chi connectivity index (χ4v) is 3.43. The number of hydrogen-bond acceptors (Lipinski definition) is 5. The second-order valence-corrected chi connectivity index (χ2v) is 7.04. The van der Waals surface area contributed by atoms with Crippen molar-refractivity contribution in [1.29, 1.82) is 0 Å². The number of carbonyl (C=O) groups is 1. The summed E-state index contributed by atoms with van der Waals surface area (Å²) < 4.78 is 11.1. The Kier molecular flexibility index (Phi) is 6.97. The first-order chi connectivity index (χ1) is 13.2. The maximum absolute atomic E-state index is 13.0. The zero-order valence-corrected chi connectivity index (χ0v) is 17.9. The van der Waals surface area contributed by atoms with E-state index in [0.717, 1.165) is 37.3 Å². The molecule has 5 nitrogen and oxygen atoms in total. The molecule has 0 unspecified atom stereocenters. The van der Waals surface area contributed by atoms with Gasteiger partial charge in [0.1, 0.15) is 19.0 Å². The van der Waals surface area contributed by atoms with Crippen molar-refractivity contribution in [2.45, 2.75) is 19.3 Å². The molecule has 2 aliphatic heterocycles. The smallest absolute Gasteiger partial charge is 0.182 e. The predicted octanol–water partition coefficient (Wildman–Crippen LogP) is 4.96. The molecule has 0 amide bonds. The standard InChI is InChI=1S/C21H21ClN2O3.BrH/c22-16-5-7-17(8-6-16)24(21-3-1-2-10-23-21)14-18(25)15-4-9-19-20(13-15)27-12-11-26-19;/h4-9,13H,1-3,10-12,14H2;1H. The summed E-state index contributed by atoms with van der Waals surface area (Å²) in [5.74, 6) is 2.27. The van der Waals surface area contributed by atoms with Gasteiger partial charge in [-0.05, 0) is 55.3 Å². The van der Waals surface area contributed by atoms with Crippen molar-refractivity contribution in [2.24, 2.45) is 4.99 Å². The van der Waals surface area contributed by atoms with Gasteiger partial charge in [0, 0.05) is 29.2 Å². The number of carbonyl (C=O) groups excluding carboxylic acids is 1. The predicted molar refractivity (Wildman–Crippen MR) is 117 cm³/mol. The highest BCUT2D eigenvalue weighted by Crippen LogP contribution is 2.31. The Balaban J connectivity index is 0.00000225. The highest BCUT2D eigenvalue weighted by Gasteiger charge is 2.21. The van der Waals surface area contributed by atoms with E-state index in [1.807, 2.05) is 29.2 Å². The molecule has 28 heavy (non-hydrogen) atoms. The summed E-state index contributed by atoms with van der Waals surface area (Å²) in [5, 5.41) is 0.669. The van der Waals surface area contributed by atoms with E-state index in [-0.39, 0.29) is 29.3 Å². The first kappa shape index (κ1) is 20.7. The van der Waals surface area contributed by atoms with E-state index in [1.165, 1.54) is 0 Å². The highest BCUT2D eigenvalue weighted by atomic mass is 79.9. The molecule has 7 heteroatoms. The number of rotatable bonds is 4. The fraction of sp³-hybridized carbons (Fsp3) is 0.333. The molecule has 0 fully saturated rings. The van der Waals surface area contributed by atoms with Crippen LogP contribution in [0.4, 0.5) is 5.69 Å². The lowest BCUT2D eigenvalue weighted by Gasteiger charge is -2.28. The minimum absolute atomic E-state index is 0. The molecule has 0 N–H and O–H groups in total. The number of hydrogen-bond donors (Lipinski definition) is 0. The van der Waals surface area contributed by atoms with Gasteiger partial charge < -0.3 is 14.4 Å². The molecule has 0 radical (unpaired) electrons. The molecule has 0 atom stereocenters. The SMILES string of the molecule is Br.O=C(CN(C1=NCCCC1)c1ccc(Cl)cc1)c1ccc2c(c1)OCCO2. The van der Waals surface area contributed by atoms with E-state index in [4.69, 9.17) is 21.1 Å². The van der Waals surface area contributed by atoms with Crippen LogP contribution < -0.4 is 14.4 Å². The van der Waals surface area contributed by atoms with Crippen LogP contribution in [-0.4, -0.2) is 37.9 Å². The zero-order chi connectivity index (χ0) is 18.6. The molecular weight excluding hydrogens is 444 g/mol. The van der Waals surface area contributed by atoms with Gasteiger partial charge in [0.05, 0.1) is 6.54 Å². The van der Waals surface area contributed by atoms with Crippen LogP contribution in [0.5, 0.6) is 11.5 Å². The van der Waals surface area contributed by atoms with Crippen molar-refractivity contribution >= 4 is 45.9 Å². The number of halogens is 2. The second-order valence-electron chi connectivity index (χ2n) is 6.60. The Morgan fingerprint density at radius 3 is 2.50 bits per heavy atom. The van der Waals surface area contributed by atoms with Gasteiger partial charge in [0.15, 0.2) is 17.3 Å². The lowest BCUT2D eigenvalue weighted by Crippen LogP contribution is -2.37. The number of fused-ring (bicyclic) bond motifs is 1. The number of benzene rings is 2. The van der Waals surface area contributed by atoms with Gasteiger partial charge in [-0.3, -0.25) is 9.79 Å². The maximum Gasteiger partial charge on any atom is 0.182 e. The van der Waals surface area contributed by atoms with Crippen molar-refractivity contribution in [3.63, 3.8) is 0 Å². The van der Waals surface area contributed by atoms with Crippen LogP contribution in [0.3, 0.4) is 0 Å². The molecule has 0 saturated carbocycles. The lowest BCUT2D eigenvalue weighted by atomic mass is 10.1. The monoisotopic (exact) mass is 464 g/mol. The second kappa shape index (κ2) is 9.43. The largest absolute Gasteiger partial charge is 0.486 e. The Morgan fingerprint density at radius 2 is 1.79 bits per heavy atom. The summed E-state index contributed by atoms with van der Waals surface area (Å²) in [6.07, 6.45) is 3.05. The minimum atomic E-state index is 0. The summed E-state index contributed by atoms with van der Waals surface area (Å²) in [4.78, 5) is 19.7. The van der Waals surface area contributed by atoms with Crippen molar-refractivity contribution < 1.29 is 14.3 Å². The number of anilines is 1. The summed E-state index contributed by atoms with van der Waals surface area (Å²) in [7, 11) is 0. The van der Waals surface area contributed by atoms with E-state index in [0.29, 0.717) is 35.3 Å². The van der Waals surface area contributed by atoms with Gasteiger partial charge in [-0.2, -0.15) is 0 Å². The molecule has 0 bridgehead atoms. The zero-order valence-electron chi connectivity index (χ0n) is 15.4. The summed E-state index contributed by atoms with van der Waals surface area (Å²) in [6, 6.07) is 12.9.